The second-order valence-electron chi connectivity index (χ2n) is 6.67. The van der Waals surface area contributed by atoms with Crippen LogP contribution in [0.4, 0.5) is 13.2 Å². The zero-order valence-electron chi connectivity index (χ0n) is 15.2. The van der Waals surface area contributed by atoms with Crippen molar-refractivity contribution in [1.82, 2.24) is 5.32 Å². The van der Waals surface area contributed by atoms with Crippen molar-refractivity contribution < 1.29 is 18.0 Å². The van der Waals surface area contributed by atoms with E-state index in [4.69, 9.17) is 23.2 Å². The number of aliphatic imine (C=N–C) groups is 2. The summed E-state index contributed by atoms with van der Waals surface area (Å²) in [4.78, 5) is 18.8. The third-order valence-electron chi connectivity index (χ3n) is 4.46. The van der Waals surface area contributed by atoms with E-state index in [-0.39, 0.29) is 28.1 Å². The molecule has 1 fully saturated rings. The summed E-state index contributed by atoms with van der Waals surface area (Å²) in [6.45, 7) is 4.84. The minimum atomic E-state index is -4.66. The number of alkyl halides is 3. The molecule has 1 aromatic carbocycles. The van der Waals surface area contributed by atoms with Crippen LogP contribution >= 0.6 is 23.2 Å². The predicted molar refractivity (Wildman–Crippen MR) is 106 cm³/mol. The van der Waals surface area contributed by atoms with Crippen LogP contribution in [0, 0.1) is 11.8 Å². The first-order chi connectivity index (χ1) is 13.1. The van der Waals surface area contributed by atoms with Crippen LogP contribution in [0.1, 0.15) is 36.5 Å². The van der Waals surface area contributed by atoms with E-state index in [1.54, 1.807) is 25.1 Å². The normalized spacial score (nSPS) is 16.6. The number of carbonyl (C=O) groups is 1. The molecule has 0 aromatic heterocycles. The molecule has 2 rings (SSSR count). The van der Waals surface area contributed by atoms with Gasteiger partial charge in [0, 0.05) is 12.7 Å². The summed E-state index contributed by atoms with van der Waals surface area (Å²) < 4.78 is 38.2. The van der Waals surface area contributed by atoms with E-state index in [0.717, 1.165) is 25.5 Å². The van der Waals surface area contributed by atoms with Crippen LogP contribution < -0.4 is 5.32 Å². The van der Waals surface area contributed by atoms with Gasteiger partial charge in [-0.15, -0.1) is 0 Å². The molecule has 1 aliphatic rings. The number of carbonyl (C=O) groups excluding carboxylic acids is 1. The molecule has 1 aliphatic carbocycles. The molecule has 1 amide bonds. The SMILES string of the molecule is C=NC(=N/C=C(\C)C(CNC(=O)c1cccc(Cl)c1Cl)CC1CC1)C(F)(F)F. The summed E-state index contributed by atoms with van der Waals surface area (Å²) in [5.41, 5.74) is 0.865. The molecule has 1 unspecified atom stereocenters. The van der Waals surface area contributed by atoms with Gasteiger partial charge in [0.15, 0.2) is 0 Å². The molecule has 4 nitrogen and oxygen atoms in total. The fraction of sp³-hybridized carbons (Fsp3) is 0.421. The maximum absolute atomic E-state index is 12.7. The van der Waals surface area contributed by atoms with Crippen LogP contribution in [0.5, 0.6) is 0 Å². The Morgan fingerprint density at radius 3 is 2.64 bits per heavy atom. The summed E-state index contributed by atoms with van der Waals surface area (Å²) in [7, 11) is 0. The number of hydrogen-bond acceptors (Lipinski definition) is 2. The molecule has 1 aromatic rings. The highest BCUT2D eigenvalue weighted by molar-refractivity contribution is 6.43. The van der Waals surface area contributed by atoms with E-state index in [1.807, 2.05) is 0 Å². The Bertz CT molecular complexity index is 802. The van der Waals surface area contributed by atoms with Crippen LogP contribution in [0.2, 0.25) is 10.0 Å². The molecule has 28 heavy (non-hydrogen) atoms. The number of benzene rings is 1. The monoisotopic (exact) mass is 433 g/mol. The molecule has 9 heteroatoms. The first-order valence-corrected chi connectivity index (χ1v) is 9.39. The van der Waals surface area contributed by atoms with Crippen molar-refractivity contribution in [2.75, 3.05) is 6.54 Å². The summed E-state index contributed by atoms with van der Waals surface area (Å²) in [5.74, 6) is -1.35. The van der Waals surface area contributed by atoms with Gasteiger partial charge in [-0.2, -0.15) is 13.2 Å². The predicted octanol–water partition coefficient (Wildman–Crippen LogP) is 5.70. The van der Waals surface area contributed by atoms with E-state index in [1.165, 1.54) is 0 Å². The van der Waals surface area contributed by atoms with Gasteiger partial charge in [-0.05, 0) is 44.0 Å². The fourth-order valence-electron chi connectivity index (χ4n) is 2.65. The fourth-order valence-corrected chi connectivity index (χ4v) is 3.03. The largest absolute Gasteiger partial charge is 0.451 e. The maximum Gasteiger partial charge on any atom is 0.451 e. The highest BCUT2D eigenvalue weighted by atomic mass is 35.5. The minimum Gasteiger partial charge on any atom is -0.351 e. The number of nitrogens with one attached hydrogen (secondary N) is 1. The quantitative estimate of drug-likeness (QED) is 0.434. The van der Waals surface area contributed by atoms with Crippen LogP contribution in [0.15, 0.2) is 40.0 Å². The van der Waals surface area contributed by atoms with Crippen molar-refractivity contribution in [2.45, 2.75) is 32.4 Å². The average molecular weight is 434 g/mol. The molecule has 152 valence electrons. The molecule has 1 atom stereocenters. The Kier molecular flexibility index (Phi) is 7.66. The van der Waals surface area contributed by atoms with Crippen molar-refractivity contribution >= 4 is 41.7 Å². The molecule has 0 aliphatic heterocycles. The lowest BCUT2D eigenvalue weighted by Crippen LogP contribution is -2.30. The zero-order chi connectivity index (χ0) is 20.9. The van der Waals surface area contributed by atoms with E-state index >= 15 is 0 Å². The number of hydrogen-bond donors (Lipinski definition) is 1. The Balaban J connectivity index is 2.11. The summed E-state index contributed by atoms with van der Waals surface area (Å²) in [6.07, 6.45) is -0.623. The molecule has 0 radical (unpaired) electrons. The third-order valence-corrected chi connectivity index (χ3v) is 5.28. The van der Waals surface area contributed by atoms with Gasteiger partial charge in [0.05, 0.1) is 15.6 Å². The van der Waals surface area contributed by atoms with E-state index < -0.39 is 17.9 Å². The molecular weight excluding hydrogens is 414 g/mol. The second-order valence-corrected chi connectivity index (χ2v) is 7.45. The second kappa shape index (κ2) is 9.56. The van der Waals surface area contributed by atoms with E-state index in [2.05, 4.69) is 22.0 Å². The van der Waals surface area contributed by atoms with Crippen LogP contribution in [-0.2, 0) is 0 Å². The highest BCUT2D eigenvalue weighted by Gasteiger charge is 2.35. The molecule has 1 saturated carbocycles. The molecular formula is C19H20Cl2F3N3O. The summed E-state index contributed by atoms with van der Waals surface area (Å²) >= 11 is 12.0. The topological polar surface area (TPSA) is 53.8 Å². The third kappa shape index (κ3) is 6.34. The van der Waals surface area contributed by atoms with Gasteiger partial charge in [0.2, 0.25) is 5.84 Å². The van der Waals surface area contributed by atoms with Gasteiger partial charge < -0.3 is 5.32 Å². The van der Waals surface area contributed by atoms with Crippen molar-refractivity contribution in [3.8, 4) is 0 Å². The number of halogens is 5. The first kappa shape index (κ1) is 22.4. The molecule has 0 bridgehead atoms. The maximum atomic E-state index is 12.7. The van der Waals surface area contributed by atoms with Crippen LogP contribution in [0.25, 0.3) is 0 Å². The highest BCUT2D eigenvalue weighted by Crippen LogP contribution is 2.37. The Labute approximate surface area is 171 Å². The first-order valence-electron chi connectivity index (χ1n) is 8.64. The lowest BCUT2D eigenvalue weighted by molar-refractivity contribution is -0.0596. The van der Waals surface area contributed by atoms with Gasteiger partial charge in [0.25, 0.3) is 5.91 Å². The van der Waals surface area contributed by atoms with Gasteiger partial charge in [-0.25, -0.2) is 9.98 Å². The Morgan fingerprint density at radius 1 is 1.39 bits per heavy atom. The lowest BCUT2D eigenvalue weighted by Gasteiger charge is -2.18. The number of rotatable bonds is 7. The standard InChI is InChI=1S/C19H20Cl2F3N3O/c1-11(9-27-18(25-2)19(22,23)24)13(8-12-6-7-12)10-26-17(28)14-4-3-5-15(20)16(14)21/h3-5,9,12-13H,2,6-8,10H2,1H3,(H,26,28)/b11-9+,27-18?. The van der Waals surface area contributed by atoms with Crippen molar-refractivity contribution in [2.24, 2.45) is 21.8 Å². The van der Waals surface area contributed by atoms with E-state index in [9.17, 15) is 18.0 Å². The van der Waals surface area contributed by atoms with Crippen molar-refractivity contribution in [3.63, 3.8) is 0 Å². The van der Waals surface area contributed by atoms with Crippen molar-refractivity contribution in [1.29, 1.82) is 0 Å². The molecule has 0 saturated heterocycles. The van der Waals surface area contributed by atoms with Gasteiger partial charge in [-0.1, -0.05) is 47.7 Å². The number of amides is 1. The minimum absolute atomic E-state index is 0.155. The van der Waals surface area contributed by atoms with Crippen LogP contribution in [0.3, 0.4) is 0 Å². The molecule has 1 N–H and O–H groups in total. The van der Waals surface area contributed by atoms with Gasteiger partial charge in [-0.3, -0.25) is 4.79 Å². The number of amidine groups is 1. The van der Waals surface area contributed by atoms with Gasteiger partial charge >= 0.3 is 6.18 Å². The Hall–Kier alpha value is -1.86. The summed E-state index contributed by atoms with van der Waals surface area (Å²) in [5, 5.41) is 3.21. The average Bonchev–Trinajstić information content (AvgIpc) is 3.44. The lowest BCUT2D eigenvalue weighted by atomic mass is 9.94. The van der Waals surface area contributed by atoms with Crippen molar-refractivity contribution in [3.05, 3.63) is 45.6 Å². The van der Waals surface area contributed by atoms with Gasteiger partial charge in [0.1, 0.15) is 0 Å². The smallest absolute Gasteiger partial charge is 0.351 e. The van der Waals surface area contributed by atoms with E-state index in [0.29, 0.717) is 11.5 Å². The molecule has 0 heterocycles. The number of nitrogens with zero attached hydrogens (tertiary/aromatic N) is 2. The van der Waals surface area contributed by atoms with Crippen LogP contribution in [-0.4, -0.2) is 31.2 Å². The molecule has 0 spiro atoms. The summed E-state index contributed by atoms with van der Waals surface area (Å²) in [6, 6.07) is 4.75. The zero-order valence-corrected chi connectivity index (χ0v) is 16.7. The Morgan fingerprint density at radius 2 is 2.07 bits per heavy atom.